The lowest BCUT2D eigenvalue weighted by Gasteiger charge is -2.32. The lowest BCUT2D eigenvalue weighted by atomic mass is 9.95. The highest BCUT2D eigenvalue weighted by Gasteiger charge is 2.28. The summed E-state index contributed by atoms with van der Waals surface area (Å²) < 4.78 is 5.67. The second kappa shape index (κ2) is 10.5. The van der Waals surface area contributed by atoms with E-state index in [1.165, 1.54) is 0 Å². The topological polar surface area (TPSA) is 58.6 Å². The Labute approximate surface area is 195 Å². The largest absolute Gasteiger partial charge is 0.491 e. The van der Waals surface area contributed by atoms with E-state index in [1.54, 1.807) is 0 Å². The molecule has 3 aromatic rings. The maximum atomic E-state index is 13.0. The number of fused-ring (bicyclic) bond motifs is 1. The molecular weight excluding hydrogens is 412 g/mol. The van der Waals surface area contributed by atoms with Gasteiger partial charge in [-0.15, -0.1) is 0 Å². The molecule has 5 heteroatoms. The Hall–Kier alpha value is -3.34. The fourth-order valence-corrected chi connectivity index (χ4v) is 4.43. The lowest BCUT2D eigenvalue weighted by Crippen LogP contribution is -2.45. The van der Waals surface area contributed by atoms with Crippen LogP contribution in [0.15, 0.2) is 66.7 Å². The molecular formula is C28H32N2O3. The van der Waals surface area contributed by atoms with Crippen molar-refractivity contribution >= 4 is 22.6 Å². The third-order valence-electron chi connectivity index (χ3n) is 6.13. The van der Waals surface area contributed by atoms with Crippen LogP contribution < -0.4 is 10.1 Å². The van der Waals surface area contributed by atoms with Crippen molar-refractivity contribution in [1.29, 1.82) is 0 Å². The number of benzene rings is 3. The summed E-state index contributed by atoms with van der Waals surface area (Å²) in [5.41, 5.74) is 2.06. The van der Waals surface area contributed by atoms with Crippen molar-refractivity contribution < 1.29 is 14.3 Å². The van der Waals surface area contributed by atoms with Crippen molar-refractivity contribution in [3.05, 3.63) is 77.9 Å². The first-order valence-electron chi connectivity index (χ1n) is 11.8. The van der Waals surface area contributed by atoms with Gasteiger partial charge < -0.3 is 15.0 Å². The number of ether oxygens (including phenoxy) is 1. The number of hydrogen-bond donors (Lipinski definition) is 1. The first-order valence-corrected chi connectivity index (χ1v) is 11.8. The van der Waals surface area contributed by atoms with Gasteiger partial charge in [-0.1, -0.05) is 54.6 Å². The minimum Gasteiger partial charge on any atom is -0.491 e. The summed E-state index contributed by atoms with van der Waals surface area (Å²) >= 11 is 0. The van der Waals surface area contributed by atoms with Gasteiger partial charge in [0.05, 0.1) is 18.4 Å². The monoisotopic (exact) mass is 444 g/mol. The average molecular weight is 445 g/mol. The van der Waals surface area contributed by atoms with Gasteiger partial charge in [-0.2, -0.15) is 0 Å². The van der Waals surface area contributed by atoms with Crippen LogP contribution in [0.5, 0.6) is 5.75 Å². The minimum absolute atomic E-state index is 0.0140. The van der Waals surface area contributed by atoms with Gasteiger partial charge in [0.15, 0.2) is 0 Å². The molecule has 4 rings (SSSR count). The molecule has 0 aliphatic carbocycles. The van der Waals surface area contributed by atoms with Crippen LogP contribution in [0.3, 0.4) is 0 Å². The van der Waals surface area contributed by atoms with Crippen LogP contribution >= 0.6 is 0 Å². The maximum absolute atomic E-state index is 13.0. The fraction of sp³-hybridized carbons (Fsp3) is 0.357. The number of rotatable bonds is 7. The summed E-state index contributed by atoms with van der Waals surface area (Å²) in [6.07, 6.45) is 2.15. The van der Waals surface area contributed by atoms with Crippen LogP contribution in [0.2, 0.25) is 0 Å². The van der Waals surface area contributed by atoms with E-state index in [9.17, 15) is 9.59 Å². The molecule has 1 heterocycles. The number of nitrogens with one attached hydrogen (secondary N) is 1. The molecule has 1 aliphatic heterocycles. The van der Waals surface area contributed by atoms with Crippen molar-refractivity contribution in [1.82, 2.24) is 10.2 Å². The Morgan fingerprint density at radius 1 is 1.03 bits per heavy atom. The Bertz CT molecular complexity index is 1100. The predicted molar refractivity (Wildman–Crippen MR) is 131 cm³/mol. The number of hydrogen-bond acceptors (Lipinski definition) is 3. The van der Waals surface area contributed by atoms with Gasteiger partial charge in [-0.05, 0) is 60.7 Å². The molecule has 1 saturated heterocycles. The van der Waals surface area contributed by atoms with Gasteiger partial charge in [-0.3, -0.25) is 9.59 Å². The summed E-state index contributed by atoms with van der Waals surface area (Å²) in [5.74, 6) is 0.760. The van der Waals surface area contributed by atoms with Crippen LogP contribution in [0.1, 0.15) is 37.8 Å². The molecule has 2 amide bonds. The molecule has 5 nitrogen and oxygen atoms in total. The molecule has 0 spiro atoms. The molecule has 0 radical (unpaired) electrons. The van der Waals surface area contributed by atoms with E-state index in [2.05, 4.69) is 23.5 Å². The van der Waals surface area contributed by atoms with E-state index < -0.39 is 0 Å². The summed E-state index contributed by atoms with van der Waals surface area (Å²) in [6, 6.07) is 22.0. The molecule has 172 valence electrons. The molecule has 0 aromatic heterocycles. The second-order valence-corrected chi connectivity index (χ2v) is 9.02. The first kappa shape index (κ1) is 22.8. The van der Waals surface area contributed by atoms with Crippen LogP contribution in [0.25, 0.3) is 10.8 Å². The normalized spacial score (nSPS) is 16.1. The van der Waals surface area contributed by atoms with Gasteiger partial charge >= 0.3 is 0 Å². The zero-order valence-corrected chi connectivity index (χ0v) is 19.4. The van der Waals surface area contributed by atoms with Crippen molar-refractivity contribution in [3.63, 3.8) is 0 Å². The zero-order valence-electron chi connectivity index (χ0n) is 19.4. The van der Waals surface area contributed by atoms with Gasteiger partial charge in [0.1, 0.15) is 5.75 Å². The Kier molecular flexibility index (Phi) is 7.28. The second-order valence-electron chi connectivity index (χ2n) is 9.02. The Morgan fingerprint density at radius 3 is 2.58 bits per heavy atom. The number of carbonyl (C=O) groups excluding carboxylic acids is 2. The number of nitrogens with zero attached hydrogens (tertiary/aromatic N) is 1. The quantitative estimate of drug-likeness (QED) is 0.573. The van der Waals surface area contributed by atoms with Crippen LogP contribution in [-0.2, 0) is 22.6 Å². The molecule has 1 N–H and O–H groups in total. The lowest BCUT2D eigenvalue weighted by molar-refractivity contribution is -0.135. The van der Waals surface area contributed by atoms with Gasteiger partial charge in [0, 0.05) is 19.6 Å². The molecule has 1 fully saturated rings. The highest BCUT2D eigenvalue weighted by molar-refractivity contribution is 5.90. The van der Waals surface area contributed by atoms with E-state index in [0.29, 0.717) is 26.1 Å². The number of amides is 2. The predicted octanol–water partition coefficient (Wildman–Crippen LogP) is 4.72. The van der Waals surface area contributed by atoms with Crippen LogP contribution in [0, 0.1) is 5.92 Å². The molecule has 0 saturated carbocycles. The van der Waals surface area contributed by atoms with E-state index in [1.807, 2.05) is 67.3 Å². The number of carbonyl (C=O) groups is 2. The third kappa shape index (κ3) is 5.92. The molecule has 0 bridgehead atoms. The minimum atomic E-state index is -0.168. The van der Waals surface area contributed by atoms with Gasteiger partial charge in [0.25, 0.3) is 0 Å². The van der Waals surface area contributed by atoms with Crippen molar-refractivity contribution in [3.8, 4) is 5.75 Å². The molecule has 33 heavy (non-hydrogen) atoms. The summed E-state index contributed by atoms with van der Waals surface area (Å²) in [5, 5.41) is 5.30. The summed E-state index contributed by atoms with van der Waals surface area (Å²) in [6.45, 7) is 5.66. The van der Waals surface area contributed by atoms with Crippen molar-refractivity contribution in [2.75, 3.05) is 13.1 Å². The van der Waals surface area contributed by atoms with Crippen molar-refractivity contribution in [2.45, 2.75) is 45.8 Å². The Morgan fingerprint density at radius 2 is 1.79 bits per heavy atom. The van der Waals surface area contributed by atoms with Crippen LogP contribution in [0.4, 0.5) is 0 Å². The molecule has 1 atom stereocenters. The standard InChI is InChI=1S/C28H32N2O3/c1-20(2)33-25-14-12-21(13-15-25)18-29-28(32)24-10-6-16-30(19-24)27(31)17-23-9-5-8-22-7-3-4-11-26(22)23/h3-5,7-9,11-15,20,24H,6,10,16-19H2,1-2H3,(H,29,32)/t24-/m1/s1. The highest BCUT2D eigenvalue weighted by Crippen LogP contribution is 2.22. The molecule has 3 aromatic carbocycles. The third-order valence-corrected chi connectivity index (χ3v) is 6.13. The zero-order chi connectivity index (χ0) is 23.2. The maximum Gasteiger partial charge on any atom is 0.227 e. The number of piperidine rings is 1. The van der Waals surface area contributed by atoms with E-state index in [4.69, 9.17) is 4.74 Å². The fourth-order valence-electron chi connectivity index (χ4n) is 4.43. The van der Waals surface area contributed by atoms with Crippen molar-refractivity contribution in [2.24, 2.45) is 5.92 Å². The highest BCUT2D eigenvalue weighted by atomic mass is 16.5. The van der Waals surface area contributed by atoms with Gasteiger partial charge in [0.2, 0.25) is 11.8 Å². The number of likely N-dealkylation sites (tertiary alicyclic amines) is 1. The van der Waals surface area contributed by atoms with E-state index in [0.717, 1.165) is 40.5 Å². The van der Waals surface area contributed by atoms with E-state index >= 15 is 0 Å². The molecule has 0 unspecified atom stereocenters. The summed E-state index contributed by atoms with van der Waals surface area (Å²) in [4.78, 5) is 27.7. The van der Waals surface area contributed by atoms with Crippen LogP contribution in [-0.4, -0.2) is 35.9 Å². The smallest absolute Gasteiger partial charge is 0.227 e. The molecule has 1 aliphatic rings. The average Bonchev–Trinajstić information content (AvgIpc) is 2.83. The summed E-state index contributed by atoms with van der Waals surface area (Å²) in [7, 11) is 0. The van der Waals surface area contributed by atoms with E-state index in [-0.39, 0.29) is 23.8 Å². The SMILES string of the molecule is CC(C)Oc1ccc(CNC(=O)[C@@H]2CCCN(C(=O)Cc3cccc4ccccc34)C2)cc1. The Balaban J connectivity index is 1.32. The van der Waals surface area contributed by atoms with Gasteiger partial charge in [-0.25, -0.2) is 0 Å². The first-order chi connectivity index (χ1) is 16.0.